The molecule has 1 heterocycles. The average molecular weight is 446 g/mol. The monoisotopic (exact) mass is 446 g/mol. The fourth-order valence-corrected chi connectivity index (χ4v) is 4.22. The number of amides is 1. The Kier molecular flexibility index (Phi) is 6.81. The maximum Gasteiger partial charge on any atom is 0.265 e. The van der Waals surface area contributed by atoms with E-state index in [2.05, 4.69) is 15.6 Å². The number of halogens is 2. The van der Waals surface area contributed by atoms with Crippen LogP contribution in [0.1, 0.15) is 6.92 Å². The lowest BCUT2D eigenvalue weighted by Gasteiger charge is -2.22. The minimum Gasteiger partial charge on any atom is -0.361 e. The number of carbonyl (C=O) groups excluding carboxylic acids is 1. The summed E-state index contributed by atoms with van der Waals surface area (Å²) < 4.78 is 53.3. The van der Waals surface area contributed by atoms with Crippen molar-refractivity contribution in [3.05, 3.63) is 78.5 Å². The van der Waals surface area contributed by atoms with E-state index in [1.54, 1.807) is 37.3 Å². The molecule has 31 heavy (non-hydrogen) atoms. The van der Waals surface area contributed by atoms with Gasteiger partial charge in [-0.05, 0) is 43.3 Å². The molecule has 0 saturated heterocycles. The number of rotatable bonds is 8. The minimum atomic E-state index is -3.80. The maximum absolute atomic E-state index is 13.2. The SMILES string of the molecule is CCN(c1ccccc1)S(=O)(=O)c1ccc(NCC(=O)Nc2ccc(F)c(F)c2)nc1. The number of nitrogens with zero attached hydrogens (tertiary/aromatic N) is 2. The minimum absolute atomic E-state index is 0.00925. The molecule has 7 nitrogen and oxygen atoms in total. The van der Waals surface area contributed by atoms with Crippen LogP contribution in [-0.2, 0) is 14.8 Å². The van der Waals surface area contributed by atoms with Crippen molar-refractivity contribution in [2.24, 2.45) is 0 Å². The van der Waals surface area contributed by atoms with Gasteiger partial charge in [-0.3, -0.25) is 9.10 Å². The van der Waals surface area contributed by atoms with E-state index in [9.17, 15) is 22.0 Å². The third-order valence-electron chi connectivity index (χ3n) is 4.29. The first-order chi connectivity index (χ1) is 14.8. The largest absolute Gasteiger partial charge is 0.361 e. The van der Waals surface area contributed by atoms with E-state index in [1.165, 1.54) is 28.7 Å². The molecular formula is C21H20F2N4O3S. The Labute approximate surface area is 178 Å². The van der Waals surface area contributed by atoms with Crippen LogP contribution < -0.4 is 14.9 Å². The fraction of sp³-hybridized carbons (Fsp3) is 0.143. The standard InChI is InChI=1S/C21H20F2N4O3S/c1-2-27(16-6-4-3-5-7-16)31(29,30)17-9-11-20(24-13-17)25-14-21(28)26-15-8-10-18(22)19(23)12-15/h3-13H,2,14H2,1H3,(H,24,25)(H,26,28). The molecule has 2 N–H and O–H groups in total. The predicted molar refractivity (Wildman–Crippen MR) is 114 cm³/mol. The van der Waals surface area contributed by atoms with Crippen LogP contribution in [0.3, 0.4) is 0 Å². The van der Waals surface area contributed by atoms with E-state index >= 15 is 0 Å². The number of nitrogens with one attached hydrogen (secondary N) is 2. The van der Waals surface area contributed by atoms with Crippen molar-refractivity contribution in [1.29, 1.82) is 0 Å². The van der Waals surface area contributed by atoms with Gasteiger partial charge in [0.1, 0.15) is 10.7 Å². The average Bonchev–Trinajstić information content (AvgIpc) is 2.76. The molecule has 0 aliphatic carbocycles. The van der Waals surface area contributed by atoms with Crippen LogP contribution in [0.2, 0.25) is 0 Å². The van der Waals surface area contributed by atoms with Gasteiger partial charge in [-0.15, -0.1) is 0 Å². The molecule has 0 aliphatic heterocycles. The molecule has 3 aromatic rings. The first-order valence-corrected chi connectivity index (χ1v) is 10.8. The van der Waals surface area contributed by atoms with Crippen LogP contribution in [0.25, 0.3) is 0 Å². The molecule has 0 atom stereocenters. The van der Waals surface area contributed by atoms with E-state index in [-0.39, 0.29) is 29.5 Å². The van der Waals surface area contributed by atoms with Crippen molar-refractivity contribution >= 4 is 33.1 Å². The van der Waals surface area contributed by atoms with Gasteiger partial charge < -0.3 is 10.6 Å². The molecule has 0 saturated carbocycles. The zero-order chi connectivity index (χ0) is 22.4. The smallest absolute Gasteiger partial charge is 0.265 e. The Morgan fingerprint density at radius 3 is 2.39 bits per heavy atom. The second-order valence-electron chi connectivity index (χ2n) is 6.42. The zero-order valence-corrected chi connectivity index (χ0v) is 17.4. The maximum atomic E-state index is 13.2. The number of carbonyl (C=O) groups is 1. The molecule has 0 fully saturated rings. The van der Waals surface area contributed by atoms with Gasteiger partial charge in [0.2, 0.25) is 5.91 Å². The van der Waals surface area contributed by atoms with Gasteiger partial charge in [0.15, 0.2) is 11.6 Å². The Bertz CT molecular complexity index is 1160. The van der Waals surface area contributed by atoms with Crippen molar-refractivity contribution in [3.8, 4) is 0 Å². The Balaban J connectivity index is 1.64. The van der Waals surface area contributed by atoms with E-state index in [1.807, 2.05) is 0 Å². The van der Waals surface area contributed by atoms with E-state index < -0.39 is 27.6 Å². The molecule has 0 spiro atoms. The number of benzene rings is 2. The Morgan fingerprint density at radius 1 is 1.03 bits per heavy atom. The van der Waals surface area contributed by atoms with Crippen LogP contribution in [0.4, 0.5) is 26.0 Å². The molecule has 2 aromatic carbocycles. The van der Waals surface area contributed by atoms with Gasteiger partial charge in [-0.25, -0.2) is 22.2 Å². The van der Waals surface area contributed by atoms with Crippen LogP contribution >= 0.6 is 0 Å². The second-order valence-corrected chi connectivity index (χ2v) is 8.28. The quantitative estimate of drug-likeness (QED) is 0.552. The summed E-state index contributed by atoms with van der Waals surface area (Å²) in [4.78, 5) is 16.0. The van der Waals surface area contributed by atoms with Crippen molar-refractivity contribution in [1.82, 2.24) is 4.98 Å². The third-order valence-corrected chi connectivity index (χ3v) is 6.18. The highest BCUT2D eigenvalue weighted by Gasteiger charge is 2.23. The molecule has 1 aromatic heterocycles. The van der Waals surface area contributed by atoms with Gasteiger partial charge >= 0.3 is 0 Å². The summed E-state index contributed by atoms with van der Waals surface area (Å²) in [5, 5.41) is 5.16. The normalized spacial score (nSPS) is 11.1. The highest BCUT2D eigenvalue weighted by Crippen LogP contribution is 2.23. The van der Waals surface area contributed by atoms with Gasteiger partial charge in [-0.1, -0.05) is 18.2 Å². The summed E-state index contributed by atoms with van der Waals surface area (Å²) in [6.07, 6.45) is 1.20. The predicted octanol–water partition coefficient (Wildman–Crippen LogP) is 3.63. The zero-order valence-electron chi connectivity index (χ0n) is 16.5. The Morgan fingerprint density at radius 2 is 1.77 bits per heavy atom. The van der Waals surface area contributed by atoms with E-state index in [4.69, 9.17) is 0 Å². The lowest BCUT2D eigenvalue weighted by atomic mass is 10.3. The number of sulfonamides is 1. The number of pyridine rings is 1. The van der Waals surface area contributed by atoms with E-state index in [0.717, 1.165) is 12.1 Å². The van der Waals surface area contributed by atoms with Crippen molar-refractivity contribution in [2.75, 3.05) is 28.0 Å². The first kappa shape index (κ1) is 22.2. The van der Waals surface area contributed by atoms with E-state index in [0.29, 0.717) is 5.69 Å². The number of hydrogen-bond donors (Lipinski definition) is 2. The Hall–Kier alpha value is -3.53. The summed E-state index contributed by atoms with van der Waals surface area (Å²) in [6.45, 7) is 1.78. The number of para-hydroxylation sites is 1. The van der Waals surface area contributed by atoms with Crippen molar-refractivity contribution in [3.63, 3.8) is 0 Å². The summed E-state index contributed by atoms with van der Waals surface area (Å²) in [7, 11) is -3.80. The number of anilines is 3. The number of aromatic nitrogens is 1. The fourth-order valence-electron chi connectivity index (χ4n) is 2.80. The van der Waals surface area contributed by atoms with Gasteiger partial charge in [0, 0.05) is 24.5 Å². The second kappa shape index (κ2) is 9.52. The molecule has 3 rings (SSSR count). The summed E-state index contributed by atoms with van der Waals surface area (Å²) >= 11 is 0. The molecular weight excluding hydrogens is 426 g/mol. The molecule has 0 bridgehead atoms. The highest BCUT2D eigenvalue weighted by atomic mass is 32.2. The summed E-state index contributed by atoms with van der Waals surface area (Å²) in [6, 6.07) is 14.6. The third kappa shape index (κ3) is 5.34. The van der Waals surface area contributed by atoms with Crippen LogP contribution in [0.5, 0.6) is 0 Å². The van der Waals surface area contributed by atoms with Crippen LogP contribution in [0.15, 0.2) is 71.8 Å². The van der Waals surface area contributed by atoms with Crippen molar-refractivity contribution in [2.45, 2.75) is 11.8 Å². The summed E-state index contributed by atoms with van der Waals surface area (Å²) in [5.41, 5.74) is 0.654. The molecule has 0 unspecified atom stereocenters. The van der Waals surface area contributed by atoms with Crippen molar-refractivity contribution < 1.29 is 22.0 Å². The molecule has 162 valence electrons. The molecule has 0 aliphatic rings. The summed E-state index contributed by atoms with van der Waals surface area (Å²) in [5.74, 6) is -2.31. The van der Waals surface area contributed by atoms with Crippen LogP contribution in [0, 0.1) is 11.6 Å². The van der Waals surface area contributed by atoms with Gasteiger partial charge in [-0.2, -0.15) is 0 Å². The number of hydrogen-bond acceptors (Lipinski definition) is 5. The van der Waals surface area contributed by atoms with Gasteiger partial charge in [0.05, 0.1) is 12.2 Å². The highest BCUT2D eigenvalue weighted by molar-refractivity contribution is 7.92. The van der Waals surface area contributed by atoms with Gasteiger partial charge in [0.25, 0.3) is 10.0 Å². The molecule has 10 heteroatoms. The molecule has 0 radical (unpaired) electrons. The first-order valence-electron chi connectivity index (χ1n) is 9.34. The van der Waals surface area contributed by atoms with Crippen LogP contribution in [-0.4, -0.2) is 32.4 Å². The molecule has 1 amide bonds. The lowest BCUT2D eigenvalue weighted by Crippen LogP contribution is -2.30. The topological polar surface area (TPSA) is 91.4 Å². The lowest BCUT2D eigenvalue weighted by molar-refractivity contribution is -0.114.